The van der Waals surface area contributed by atoms with Crippen LogP contribution in [-0.4, -0.2) is 35.6 Å². The van der Waals surface area contributed by atoms with Crippen molar-refractivity contribution in [3.05, 3.63) is 75.3 Å². The first-order valence-corrected chi connectivity index (χ1v) is 11.8. The highest BCUT2D eigenvalue weighted by Crippen LogP contribution is 2.36. The molecular weight excluding hydrogens is 565 g/mol. The van der Waals surface area contributed by atoms with Gasteiger partial charge in [-0.3, -0.25) is 19.3 Å². The molecule has 2 heterocycles. The van der Waals surface area contributed by atoms with Crippen molar-refractivity contribution in [2.75, 3.05) is 19.0 Å². The van der Waals surface area contributed by atoms with Gasteiger partial charge in [0.15, 0.2) is 0 Å². The van der Waals surface area contributed by atoms with E-state index < -0.39 is 35.3 Å². The second-order valence-corrected chi connectivity index (χ2v) is 9.35. The maximum Gasteiger partial charge on any atom is 0.416 e. The van der Waals surface area contributed by atoms with E-state index in [2.05, 4.69) is 21.2 Å². The number of carbonyl (C=O) groups excluding carboxylic acids is 3. The predicted molar refractivity (Wildman–Crippen MR) is 131 cm³/mol. The summed E-state index contributed by atoms with van der Waals surface area (Å²) in [5.41, 5.74) is -0.419. The van der Waals surface area contributed by atoms with E-state index in [9.17, 15) is 27.6 Å². The van der Waals surface area contributed by atoms with Crippen molar-refractivity contribution in [3.63, 3.8) is 0 Å². The van der Waals surface area contributed by atoms with Crippen molar-refractivity contribution in [1.29, 1.82) is 0 Å². The number of hydrogen-bond donors (Lipinski definition) is 1. The first kappa shape index (κ1) is 25.6. The standard InChI is InChI=1S/C24H16BrF3N2O5S/c1-34-19-8-4-14(24(26,27)28)10-17(19)29-21(31)12-30-22(32)20(36-23(30)33)11-16-7-9-18(35-16)13-2-5-15(25)6-3-13/h2-11H,12H2,1H3,(H,29,31)/b20-11-. The van der Waals surface area contributed by atoms with Crippen LogP contribution in [0.1, 0.15) is 11.3 Å². The summed E-state index contributed by atoms with van der Waals surface area (Å²) in [6.07, 6.45) is -3.24. The summed E-state index contributed by atoms with van der Waals surface area (Å²) in [7, 11) is 1.23. The smallest absolute Gasteiger partial charge is 0.416 e. The van der Waals surface area contributed by atoms with Gasteiger partial charge in [0, 0.05) is 16.1 Å². The van der Waals surface area contributed by atoms with Crippen molar-refractivity contribution >= 4 is 56.5 Å². The Morgan fingerprint density at radius 1 is 1.14 bits per heavy atom. The highest BCUT2D eigenvalue weighted by molar-refractivity contribution is 9.10. The van der Waals surface area contributed by atoms with Gasteiger partial charge in [0.05, 0.1) is 23.3 Å². The van der Waals surface area contributed by atoms with Gasteiger partial charge in [-0.25, -0.2) is 0 Å². The highest BCUT2D eigenvalue weighted by atomic mass is 79.9. The van der Waals surface area contributed by atoms with E-state index in [-0.39, 0.29) is 16.3 Å². The molecule has 1 aliphatic rings. The number of methoxy groups -OCH3 is 1. The van der Waals surface area contributed by atoms with Gasteiger partial charge in [-0.05, 0) is 54.2 Å². The lowest BCUT2D eigenvalue weighted by atomic mass is 10.1. The van der Waals surface area contributed by atoms with Crippen LogP contribution in [0.5, 0.6) is 5.75 Å². The van der Waals surface area contributed by atoms with Crippen molar-refractivity contribution in [3.8, 4) is 17.1 Å². The molecule has 1 N–H and O–H groups in total. The number of carbonyl (C=O) groups is 3. The molecule has 186 valence electrons. The van der Waals surface area contributed by atoms with Crippen LogP contribution in [0.3, 0.4) is 0 Å². The molecule has 12 heteroatoms. The van der Waals surface area contributed by atoms with Crippen molar-refractivity contribution in [1.82, 2.24) is 4.90 Å². The third-order valence-corrected chi connectivity index (χ3v) is 6.44. The topological polar surface area (TPSA) is 88.8 Å². The van der Waals surface area contributed by atoms with E-state index in [4.69, 9.17) is 9.15 Å². The molecule has 0 unspecified atom stereocenters. The summed E-state index contributed by atoms with van der Waals surface area (Å²) in [5, 5.41) is 1.57. The second-order valence-electron chi connectivity index (χ2n) is 7.44. The van der Waals surface area contributed by atoms with Gasteiger partial charge in [0.1, 0.15) is 23.8 Å². The Bertz CT molecular complexity index is 1370. The average molecular weight is 581 g/mol. The summed E-state index contributed by atoms with van der Waals surface area (Å²) < 4.78 is 50.8. The van der Waals surface area contributed by atoms with Crippen LogP contribution in [0, 0.1) is 0 Å². The average Bonchev–Trinajstić information content (AvgIpc) is 3.39. The Kier molecular flexibility index (Phi) is 7.27. The van der Waals surface area contributed by atoms with Crippen LogP contribution in [0.4, 0.5) is 23.7 Å². The fourth-order valence-electron chi connectivity index (χ4n) is 3.28. The molecule has 0 radical (unpaired) electrons. The Morgan fingerprint density at radius 2 is 1.86 bits per heavy atom. The second kappa shape index (κ2) is 10.2. The maximum absolute atomic E-state index is 13.0. The fourth-order valence-corrected chi connectivity index (χ4v) is 4.36. The van der Waals surface area contributed by atoms with Crippen LogP contribution in [0.25, 0.3) is 17.4 Å². The summed E-state index contributed by atoms with van der Waals surface area (Å²) in [4.78, 5) is 38.4. The lowest BCUT2D eigenvalue weighted by Gasteiger charge is -2.16. The van der Waals surface area contributed by atoms with Gasteiger partial charge in [-0.2, -0.15) is 13.2 Å². The number of thioether (sulfide) groups is 1. The lowest BCUT2D eigenvalue weighted by molar-refractivity contribution is -0.137. The van der Waals surface area contributed by atoms with Crippen LogP contribution in [0.15, 0.2) is 68.4 Å². The molecule has 2 aromatic carbocycles. The van der Waals surface area contributed by atoms with Crippen molar-refractivity contribution in [2.24, 2.45) is 0 Å². The van der Waals surface area contributed by atoms with Crippen LogP contribution in [0.2, 0.25) is 0 Å². The Morgan fingerprint density at radius 3 is 2.53 bits per heavy atom. The molecule has 1 saturated heterocycles. The number of hydrogen-bond acceptors (Lipinski definition) is 6. The number of imide groups is 1. The summed E-state index contributed by atoms with van der Waals surface area (Å²) >= 11 is 3.98. The molecule has 1 fully saturated rings. The van der Waals surface area contributed by atoms with E-state index in [0.29, 0.717) is 34.2 Å². The van der Waals surface area contributed by atoms with Gasteiger partial charge in [-0.15, -0.1) is 0 Å². The lowest BCUT2D eigenvalue weighted by Crippen LogP contribution is -2.36. The minimum Gasteiger partial charge on any atom is -0.495 e. The molecule has 0 saturated carbocycles. The molecule has 3 amide bonds. The maximum atomic E-state index is 13.0. The first-order chi connectivity index (χ1) is 17.0. The van der Waals surface area contributed by atoms with Crippen molar-refractivity contribution < 1.29 is 36.7 Å². The molecule has 3 aromatic rings. The van der Waals surface area contributed by atoms with Crippen molar-refractivity contribution in [2.45, 2.75) is 6.18 Å². The normalized spacial score (nSPS) is 15.0. The van der Waals surface area contributed by atoms with Gasteiger partial charge in [0.2, 0.25) is 5.91 Å². The minimum atomic E-state index is -4.63. The number of nitrogens with zero attached hydrogens (tertiary/aromatic N) is 1. The summed E-state index contributed by atoms with van der Waals surface area (Å²) in [6, 6.07) is 13.3. The quantitative estimate of drug-likeness (QED) is 0.339. The minimum absolute atomic E-state index is 0.00946. The molecule has 7 nitrogen and oxygen atoms in total. The molecule has 1 aromatic heterocycles. The van der Waals surface area contributed by atoms with Crippen LogP contribution in [-0.2, 0) is 15.8 Å². The first-order valence-electron chi connectivity index (χ1n) is 10.2. The van der Waals surface area contributed by atoms with E-state index in [1.807, 2.05) is 24.3 Å². The zero-order valence-electron chi connectivity index (χ0n) is 18.4. The number of nitrogens with one attached hydrogen (secondary N) is 1. The van der Waals surface area contributed by atoms with E-state index in [0.717, 1.165) is 22.2 Å². The largest absolute Gasteiger partial charge is 0.495 e. The highest BCUT2D eigenvalue weighted by Gasteiger charge is 2.37. The molecule has 0 atom stereocenters. The number of halogens is 4. The number of benzene rings is 2. The third-order valence-electron chi connectivity index (χ3n) is 5.01. The number of amides is 3. The van der Waals surface area contributed by atoms with Gasteiger partial charge >= 0.3 is 6.18 Å². The Hall–Kier alpha value is -3.51. The zero-order chi connectivity index (χ0) is 26.0. The third kappa shape index (κ3) is 5.65. The molecule has 0 bridgehead atoms. The molecule has 4 rings (SSSR count). The Labute approximate surface area is 215 Å². The summed E-state index contributed by atoms with van der Waals surface area (Å²) in [5.74, 6) is -0.715. The Balaban J connectivity index is 1.46. The zero-order valence-corrected chi connectivity index (χ0v) is 20.8. The molecular formula is C24H16BrF3N2O5S. The van der Waals surface area contributed by atoms with Crippen LogP contribution < -0.4 is 10.1 Å². The van der Waals surface area contributed by atoms with E-state index >= 15 is 0 Å². The van der Waals surface area contributed by atoms with E-state index in [1.165, 1.54) is 13.2 Å². The number of alkyl halides is 3. The molecule has 36 heavy (non-hydrogen) atoms. The molecule has 0 spiro atoms. The molecule has 0 aliphatic carbocycles. The number of ether oxygens (including phenoxy) is 1. The van der Waals surface area contributed by atoms with Gasteiger partial charge in [-0.1, -0.05) is 28.1 Å². The number of rotatable bonds is 6. The number of anilines is 1. The van der Waals surface area contributed by atoms with E-state index in [1.54, 1.807) is 12.1 Å². The molecule has 1 aliphatic heterocycles. The van der Waals surface area contributed by atoms with Gasteiger partial charge in [0.25, 0.3) is 11.1 Å². The SMILES string of the molecule is COc1ccc(C(F)(F)F)cc1NC(=O)CN1C(=O)S/C(=C\c2ccc(-c3ccc(Br)cc3)o2)C1=O. The van der Waals surface area contributed by atoms with Crippen LogP contribution >= 0.6 is 27.7 Å². The number of furan rings is 1. The predicted octanol–water partition coefficient (Wildman–Crippen LogP) is 6.41. The monoisotopic (exact) mass is 580 g/mol. The fraction of sp³-hybridized carbons (Fsp3) is 0.125. The van der Waals surface area contributed by atoms with Gasteiger partial charge < -0.3 is 14.5 Å². The summed E-state index contributed by atoms with van der Waals surface area (Å²) in [6.45, 7) is -0.691.